The smallest absolute Gasteiger partial charge is 0.148 e. The highest BCUT2D eigenvalue weighted by Crippen LogP contribution is 2.22. The van der Waals surface area contributed by atoms with E-state index in [9.17, 15) is 0 Å². The van der Waals surface area contributed by atoms with Crippen molar-refractivity contribution in [2.45, 2.75) is 13.3 Å². The van der Waals surface area contributed by atoms with Gasteiger partial charge < -0.3 is 5.32 Å². The lowest BCUT2D eigenvalue weighted by Gasteiger charge is -2.10. The molecule has 0 radical (unpaired) electrons. The van der Waals surface area contributed by atoms with Gasteiger partial charge in [-0.15, -0.1) is 18.3 Å². The average molecular weight is 314 g/mol. The van der Waals surface area contributed by atoms with Crippen LogP contribution in [0.25, 0.3) is 0 Å². The molecule has 0 fully saturated rings. The standard InChI is InChI=1S/C17H22N4S/c1-4-14(2)10-11-18-17-9-8-16(20-21(17)3)19-13-15-7-5-6-12-22-15/h4,6-12,14H,1,5,13H2,2-3H3,(H,19,20)/b11-10+,18-17?. The van der Waals surface area contributed by atoms with Crippen LogP contribution >= 0.6 is 11.8 Å². The van der Waals surface area contributed by atoms with Gasteiger partial charge in [0.2, 0.25) is 0 Å². The van der Waals surface area contributed by atoms with Crippen LogP contribution in [0.4, 0.5) is 5.82 Å². The first-order valence-electron chi connectivity index (χ1n) is 7.31. The Labute approximate surface area is 136 Å². The number of hydrogen-bond donors (Lipinski definition) is 1. The minimum atomic E-state index is 0.318. The van der Waals surface area contributed by atoms with Crippen LogP contribution in [-0.4, -0.2) is 16.3 Å². The monoisotopic (exact) mass is 314 g/mol. The topological polar surface area (TPSA) is 42.2 Å². The lowest BCUT2D eigenvalue weighted by molar-refractivity contribution is 0.695. The molecule has 1 aromatic rings. The van der Waals surface area contributed by atoms with Crippen molar-refractivity contribution in [1.29, 1.82) is 0 Å². The molecule has 0 bridgehead atoms. The van der Waals surface area contributed by atoms with Crippen LogP contribution in [0.3, 0.4) is 0 Å². The van der Waals surface area contributed by atoms with Gasteiger partial charge in [-0.05, 0) is 29.9 Å². The van der Waals surface area contributed by atoms with Crippen LogP contribution < -0.4 is 10.8 Å². The number of thioether (sulfide) groups is 1. The van der Waals surface area contributed by atoms with Crippen molar-refractivity contribution < 1.29 is 0 Å². The number of nitrogens with zero attached hydrogens (tertiary/aromatic N) is 3. The minimum Gasteiger partial charge on any atom is -0.364 e. The highest BCUT2D eigenvalue weighted by Gasteiger charge is 2.01. The second-order valence-corrected chi connectivity index (χ2v) is 6.05. The van der Waals surface area contributed by atoms with E-state index in [-0.39, 0.29) is 0 Å². The summed E-state index contributed by atoms with van der Waals surface area (Å²) in [5, 5.41) is 9.94. The van der Waals surface area contributed by atoms with Crippen LogP contribution in [0.5, 0.6) is 0 Å². The van der Waals surface area contributed by atoms with Crippen molar-refractivity contribution in [3.8, 4) is 0 Å². The average Bonchev–Trinajstić information content (AvgIpc) is 2.55. The molecule has 0 aliphatic carbocycles. The summed E-state index contributed by atoms with van der Waals surface area (Å²) in [6.45, 7) is 6.61. The van der Waals surface area contributed by atoms with Gasteiger partial charge in [-0.2, -0.15) is 5.10 Å². The molecule has 0 saturated carbocycles. The number of nitrogens with one attached hydrogen (secondary N) is 1. The summed E-state index contributed by atoms with van der Waals surface area (Å²) in [6, 6.07) is 3.91. The first kappa shape index (κ1) is 16.4. The Bertz CT molecular complexity index is 667. The number of aromatic nitrogens is 2. The quantitative estimate of drug-likeness (QED) is 0.816. The summed E-state index contributed by atoms with van der Waals surface area (Å²) in [7, 11) is 1.89. The fraction of sp³-hybridized carbons (Fsp3) is 0.294. The number of hydrogen-bond acceptors (Lipinski definition) is 4. The van der Waals surface area contributed by atoms with Gasteiger partial charge >= 0.3 is 0 Å². The van der Waals surface area contributed by atoms with Crippen LogP contribution in [0.1, 0.15) is 13.3 Å². The highest BCUT2D eigenvalue weighted by molar-refractivity contribution is 8.05. The van der Waals surface area contributed by atoms with Crippen LogP contribution in [0, 0.1) is 5.92 Å². The van der Waals surface area contributed by atoms with Crippen LogP contribution in [-0.2, 0) is 7.05 Å². The Morgan fingerprint density at radius 1 is 1.55 bits per heavy atom. The molecular weight excluding hydrogens is 292 g/mol. The molecule has 2 rings (SSSR count). The molecule has 4 nitrogen and oxygen atoms in total. The molecule has 1 atom stereocenters. The lowest BCUT2D eigenvalue weighted by atomic mass is 10.2. The SMILES string of the molecule is C=CC(C)/C=C/N=c1ccc(NCC2=CCC=CS2)nn1C. The fourth-order valence-corrected chi connectivity index (χ4v) is 2.52. The van der Waals surface area contributed by atoms with Crippen LogP contribution in [0.2, 0.25) is 0 Å². The number of anilines is 1. The predicted octanol–water partition coefficient (Wildman–Crippen LogP) is 3.60. The van der Waals surface area contributed by atoms with Crippen molar-refractivity contribution in [2.24, 2.45) is 18.0 Å². The molecule has 5 heteroatoms. The van der Waals surface area contributed by atoms with E-state index in [4.69, 9.17) is 0 Å². The predicted molar refractivity (Wildman–Crippen MR) is 95.2 cm³/mol. The second-order valence-electron chi connectivity index (χ2n) is 5.02. The molecule has 0 aromatic carbocycles. The Balaban J connectivity index is 1.99. The van der Waals surface area contributed by atoms with E-state index in [0.29, 0.717) is 5.92 Å². The van der Waals surface area contributed by atoms with Crippen molar-refractivity contribution in [1.82, 2.24) is 9.78 Å². The molecule has 0 saturated heterocycles. The Morgan fingerprint density at radius 3 is 3.09 bits per heavy atom. The summed E-state index contributed by atoms with van der Waals surface area (Å²) < 4.78 is 1.77. The number of aryl methyl sites for hydroxylation is 1. The summed E-state index contributed by atoms with van der Waals surface area (Å²) in [6.07, 6.45) is 11.1. The third-order valence-electron chi connectivity index (χ3n) is 3.19. The zero-order valence-electron chi connectivity index (χ0n) is 13.1. The lowest BCUT2D eigenvalue weighted by Crippen LogP contribution is -2.21. The largest absolute Gasteiger partial charge is 0.364 e. The summed E-state index contributed by atoms with van der Waals surface area (Å²) in [4.78, 5) is 5.73. The van der Waals surface area contributed by atoms with Gasteiger partial charge in [-0.1, -0.05) is 31.2 Å². The zero-order chi connectivity index (χ0) is 15.8. The van der Waals surface area contributed by atoms with Crippen molar-refractivity contribution in [3.05, 3.63) is 65.0 Å². The maximum atomic E-state index is 4.48. The van der Waals surface area contributed by atoms with Crippen LogP contribution in [0.15, 0.2) is 64.5 Å². The minimum absolute atomic E-state index is 0.318. The molecule has 1 aliphatic rings. The highest BCUT2D eigenvalue weighted by atomic mass is 32.2. The molecule has 116 valence electrons. The van der Waals surface area contributed by atoms with Gasteiger partial charge in [0.25, 0.3) is 0 Å². The van der Waals surface area contributed by atoms with E-state index in [1.54, 1.807) is 22.6 Å². The summed E-state index contributed by atoms with van der Waals surface area (Å²) in [5.74, 6) is 1.17. The van der Waals surface area contributed by atoms with Gasteiger partial charge in [0.1, 0.15) is 11.3 Å². The Hall–Kier alpha value is -2.01. The summed E-state index contributed by atoms with van der Waals surface area (Å²) >= 11 is 1.75. The molecule has 2 heterocycles. The third kappa shape index (κ3) is 5.07. The Kier molecular flexibility index (Phi) is 6.27. The van der Waals surface area contributed by atoms with Gasteiger partial charge in [0, 0.05) is 24.7 Å². The molecule has 1 aliphatic heterocycles. The van der Waals surface area contributed by atoms with E-state index < -0.39 is 0 Å². The first-order valence-corrected chi connectivity index (χ1v) is 8.19. The molecule has 1 unspecified atom stereocenters. The maximum absolute atomic E-state index is 4.48. The molecule has 22 heavy (non-hydrogen) atoms. The fourth-order valence-electron chi connectivity index (χ4n) is 1.79. The van der Waals surface area contributed by atoms with Gasteiger partial charge in [-0.3, -0.25) is 0 Å². The van der Waals surface area contributed by atoms with Crippen molar-refractivity contribution in [3.63, 3.8) is 0 Å². The van der Waals surface area contributed by atoms with Gasteiger partial charge in [0.15, 0.2) is 0 Å². The molecular formula is C17H22N4S. The maximum Gasteiger partial charge on any atom is 0.148 e. The first-order chi connectivity index (χ1) is 10.7. The second kappa shape index (κ2) is 8.44. The van der Waals surface area contributed by atoms with Crippen molar-refractivity contribution >= 4 is 17.6 Å². The van der Waals surface area contributed by atoms with E-state index >= 15 is 0 Å². The van der Waals surface area contributed by atoms with E-state index in [0.717, 1.165) is 24.3 Å². The summed E-state index contributed by atoms with van der Waals surface area (Å²) in [5.41, 5.74) is 0.812. The van der Waals surface area contributed by atoms with E-state index in [2.05, 4.69) is 46.5 Å². The molecule has 1 aromatic heterocycles. The number of rotatable bonds is 6. The van der Waals surface area contributed by atoms with Gasteiger partial charge in [-0.25, -0.2) is 9.67 Å². The Morgan fingerprint density at radius 2 is 2.41 bits per heavy atom. The molecule has 0 spiro atoms. The van der Waals surface area contributed by atoms with Gasteiger partial charge in [0.05, 0.1) is 0 Å². The zero-order valence-corrected chi connectivity index (χ0v) is 13.9. The van der Waals surface area contributed by atoms with Crippen molar-refractivity contribution in [2.75, 3.05) is 11.9 Å². The normalized spacial score (nSPS) is 16.6. The van der Waals surface area contributed by atoms with E-state index in [1.807, 2.05) is 31.3 Å². The number of allylic oxidation sites excluding steroid dienone is 4. The third-order valence-corrected chi connectivity index (χ3v) is 4.13. The molecule has 0 amide bonds. The molecule has 1 N–H and O–H groups in total. The van der Waals surface area contributed by atoms with E-state index in [1.165, 1.54) is 4.91 Å².